The molecule has 0 amide bonds. The predicted molar refractivity (Wildman–Crippen MR) is 233 cm³/mol. The van der Waals surface area contributed by atoms with Crippen molar-refractivity contribution >= 4 is 93.3 Å². The van der Waals surface area contributed by atoms with Crippen LogP contribution in [-0.4, -0.2) is 0 Å². The number of anilines is 3. The molecule has 10 aromatic carbocycles. The molecule has 2 aromatic heterocycles. The number of fused-ring (bicyclic) bond motifs is 6. The molecule has 3 heteroatoms. The molecule has 0 fully saturated rings. The van der Waals surface area contributed by atoms with Gasteiger partial charge in [0.1, 0.15) is 16.7 Å². The van der Waals surface area contributed by atoms with Gasteiger partial charge in [-0.1, -0.05) is 158 Å². The van der Waals surface area contributed by atoms with E-state index in [-0.39, 0.29) is 5.92 Å². The van der Waals surface area contributed by atoms with Crippen molar-refractivity contribution < 1.29 is 8.83 Å². The van der Waals surface area contributed by atoms with Gasteiger partial charge in [0.05, 0.1) is 11.4 Å². The monoisotopic (exact) mass is 715 g/mol. The van der Waals surface area contributed by atoms with Crippen molar-refractivity contribution in [3.63, 3.8) is 0 Å². The van der Waals surface area contributed by atoms with Crippen LogP contribution in [0.5, 0.6) is 0 Å². The van der Waals surface area contributed by atoms with Crippen molar-refractivity contribution in [2.45, 2.75) is 5.92 Å². The normalized spacial score (nSPS) is 12.6. The Labute approximate surface area is 322 Å². The van der Waals surface area contributed by atoms with E-state index in [1.807, 2.05) is 12.1 Å². The molecule has 0 bridgehead atoms. The van der Waals surface area contributed by atoms with E-state index in [1.54, 1.807) is 0 Å². The van der Waals surface area contributed by atoms with Gasteiger partial charge in [-0.3, -0.25) is 0 Å². The maximum Gasteiger partial charge on any atom is 0.159 e. The lowest BCUT2D eigenvalue weighted by Crippen LogP contribution is -2.11. The summed E-state index contributed by atoms with van der Waals surface area (Å²) < 4.78 is 13.4. The maximum atomic E-state index is 6.70. The molecule has 0 radical (unpaired) electrons. The van der Waals surface area contributed by atoms with Gasteiger partial charge >= 0.3 is 0 Å². The number of nitrogens with zero attached hydrogens (tertiary/aromatic N) is 1. The van der Waals surface area contributed by atoms with Crippen LogP contribution in [0.4, 0.5) is 17.1 Å². The molecular weight excluding hydrogens is 683 g/mol. The molecule has 0 aliphatic rings. The molecule has 0 aliphatic heterocycles. The lowest BCUT2D eigenvalue weighted by atomic mass is 9.80. The molecule has 0 aliphatic carbocycles. The fourth-order valence-corrected chi connectivity index (χ4v) is 9.32. The summed E-state index contributed by atoms with van der Waals surface area (Å²) in [6.45, 7) is 0. The predicted octanol–water partition coefficient (Wildman–Crippen LogP) is 15.0. The lowest BCUT2D eigenvalue weighted by molar-refractivity contribution is 0.661. The third kappa shape index (κ3) is 4.52. The highest BCUT2D eigenvalue weighted by molar-refractivity contribution is 6.27. The molecule has 2 heterocycles. The minimum atomic E-state index is -0.0593. The average Bonchev–Trinajstić information content (AvgIpc) is 3.84. The van der Waals surface area contributed by atoms with Gasteiger partial charge in [0, 0.05) is 44.1 Å². The number of hydrogen-bond donors (Lipinski definition) is 0. The highest BCUT2D eigenvalue weighted by Crippen LogP contribution is 2.49. The third-order valence-corrected chi connectivity index (χ3v) is 11.7. The summed E-state index contributed by atoms with van der Waals surface area (Å²) >= 11 is 0. The highest BCUT2D eigenvalue weighted by Gasteiger charge is 2.26. The smallest absolute Gasteiger partial charge is 0.159 e. The van der Waals surface area contributed by atoms with Crippen LogP contribution in [0.3, 0.4) is 0 Å². The summed E-state index contributed by atoms with van der Waals surface area (Å²) in [5.41, 5.74) is 10.4. The number of benzene rings is 10. The number of para-hydroxylation sites is 5. The van der Waals surface area contributed by atoms with Crippen LogP contribution in [0, 0.1) is 0 Å². The molecule has 56 heavy (non-hydrogen) atoms. The van der Waals surface area contributed by atoms with Crippen molar-refractivity contribution in [3.8, 4) is 0 Å². The third-order valence-electron chi connectivity index (χ3n) is 11.7. The van der Waals surface area contributed by atoms with Crippen LogP contribution in [0.2, 0.25) is 0 Å². The summed E-state index contributed by atoms with van der Waals surface area (Å²) in [5.74, 6) is -0.0593. The van der Waals surface area contributed by atoms with E-state index >= 15 is 0 Å². The lowest BCUT2D eigenvalue weighted by Gasteiger charge is -2.28. The van der Waals surface area contributed by atoms with Gasteiger partial charge in [-0.2, -0.15) is 0 Å². The first-order valence-corrected chi connectivity index (χ1v) is 19.2. The zero-order valence-corrected chi connectivity index (χ0v) is 30.3. The molecule has 1 unspecified atom stereocenters. The summed E-state index contributed by atoms with van der Waals surface area (Å²) in [5, 5.41) is 11.9. The summed E-state index contributed by atoms with van der Waals surface area (Å²) in [4.78, 5) is 2.37. The summed E-state index contributed by atoms with van der Waals surface area (Å²) in [6.07, 6.45) is 0. The van der Waals surface area contributed by atoms with Gasteiger partial charge in [-0.05, 0) is 74.5 Å². The van der Waals surface area contributed by atoms with Crippen LogP contribution in [-0.2, 0) is 0 Å². The van der Waals surface area contributed by atoms with E-state index < -0.39 is 0 Å². The molecule has 1 atom stereocenters. The Balaban J connectivity index is 1.13. The largest absolute Gasteiger partial charge is 0.456 e. The van der Waals surface area contributed by atoms with E-state index in [9.17, 15) is 0 Å². The average molecular weight is 716 g/mol. The van der Waals surface area contributed by atoms with E-state index in [0.717, 1.165) is 66.5 Å². The molecule has 262 valence electrons. The quantitative estimate of drug-likeness (QED) is 0.127. The molecule has 0 spiro atoms. The van der Waals surface area contributed by atoms with Gasteiger partial charge in [0.2, 0.25) is 0 Å². The molecular formula is C53H33NO2. The maximum absolute atomic E-state index is 6.70. The van der Waals surface area contributed by atoms with Crippen LogP contribution in [0.25, 0.3) is 76.2 Å². The summed E-state index contributed by atoms with van der Waals surface area (Å²) in [7, 11) is 0. The van der Waals surface area contributed by atoms with Crippen molar-refractivity contribution in [1.82, 2.24) is 0 Å². The minimum absolute atomic E-state index is 0.0593. The zero-order valence-electron chi connectivity index (χ0n) is 30.3. The standard InChI is InChI=1S/C53H33NO2/c1-3-13-33(14-4-1)49(44-21-11-19-41-37-17-7-9-23-47(37)55-52(41)44)39-29-25-34-27-31-43-45(32-28-35-26-30-40(39)50(34)51(35)43)54(36-15-5-2-6-16-36)46-22-12-20-42-38-18-8-10-24-48(38)56-53(42)46/h1-32,49H. The first-order valence-electron chi connectivity index (χ1n) is 19.2. The molecule has 3 nitrogen and oxygen atoms in total. The SMILES string of the molecule is c1ccc(C(c2ccc3ccc4c(N(c5ccccc5)c5cccc6c5oc5ccccc56)ccc5ccc2c3c54)c2cccc3c2oc2ccccc23)cc1. The molecule has 12 aromatic rings. The second-order valence-corrected chi connectivity index (χ2v) is 14.8. The van der Waals surface area contributed by atoms with Gasteiger partial charge in [0.15, 0.2) is 5.58 Å². The number of furan rings is 2. The van der Waals surface area contributed by atoms with E-state index in [4.69, 9.17) is 8.83 Å². The Kier molecular flexibility index (Phi) is 6.69. The topological polar surface area (TPSA) is 29.5 Å². The highest BCUT2D eigenvalue weighted by atomic mass is 16.3. The fraction of sp³-hybridized carbons (Fsp3) is 0.0189. The Morgan fingerprint density at radius 2 is 0.893 bits per heavy atom. The zero-order chi connectivity index (χ0) is 36.7. The number of hydrogen-bond acceptors (Lipinski definition) is 3. The minimum Gasteiger partial charge on any atom is -0.456 e. The second kappa shape index (κ2) is 12.1. The van der Waals surface area contributed by atoms with Crippen molar-refractivity contribution in [2.75, 3.05) is 4.90 Å². The first kappa shape index (κ1) is 31.0. The molecule has 12 rings (SSSR count). The first-order chi connectivity index (χ1) is 27.8. The Hall–Kier alpha value is -7.36. The van der Waals surface area contributed by atoms with Crippen molar-refractivity contribution in [1.29, 1.82) is 0 Å². The number of rotatable bonds is 6. The van der Waals surface area contributed by atoms with E-state index in [1.165, 1.54) is 43.4 Å². The Bertz CT molecular complexity index is 3200. The van der Waals surface area contributed by atoms with Crippen molar-refractivity contribution in [3.05, 3.63) is 211 Å². The molecule has 0 saturated carbocycles. The Morgan fingerprint density at radius 1 is 0.339 bits per heavy atom. The van der Waals surface area contributed by atoms with Crippen LogP contribution < -0.4 is 4.90 Å². The summed E-state index contributed by atoms with van der Waals surface area (Å²) in [6, 6.07) is 69.7. The van der Waals surface area contributed by atoms with Gasteiger partial charge in [-0.25, -0.2) is 0 Å². The van der Waals surface area contributed by atoms with Gasteiger partial charge < -0.3 is 13.7 Å². The van der Waals surface area contributed by atoms with E-state index in [0.29, 0.717) is 0 Å². The van der Waals surface area contributed by atoms with Crippen LogP contribution >= 0.6 is 0 Å². The Morgan fingerprint density at radius 3 is 1.64 bits per heavy atom. The van der Waals surface area contributed by atoms with Gasteiger partial charge in [0.25, 0.3) is 0 Å². The molecule has 0 N–H and O–H groups in total. The van der Waals surface area contributed by atoms with Gasteiger partial charge in [-0.15, -0.1) is 0 Å². The van der Waals surface area contributed by atoms with Crippen molar-refractivity contribution in [2.24, 2.45) is 0 Å². The van der Waals surface area contributed by atoms with Crippen LogP contribution in [0.15, 0.2) is 203 Å². The van der Waals surface area contributed by atoms with Crippen LogP contribution in [0.1, 0.15) is 22.6 Å². The second-order valence-electron chi connectivity index (χ2n) is 14.8. The fourth-order valence-electron chi connectivity index (χ4n) is 9.32. The van der Waals surface area contributed by atoms with E-state index in [2.05, 4.69) is 187 Å². The molecule has 0 saturated heterocycles.